The van der Waals surface area contributed by atoms with Crippen LogP contribution in [0.3, 0.4) is 0 Å². The number of amides is 1. The van der Waals surface area contributed by atoms with E-state index in [0.717, 1.165) is 0 Å². The molecular formula is C9H16BrNO2. The summed E-state index contributed by atoms with van der Waals surface area (Å²) in [5.74, 6) is 0.155. The van der Waals surface area contributed by atoms with Crippen molar-refractivity contribution in [3.63, 3.8) is 0 Å². The summed E-state index contributed by atoms with van der Waals surface area (Å²) in [6.07, 6.45) is 0.304. The summed E-state index contributed by atoms with van der Waals surface area (Å²) < 4.78 is 5.54. The van der Waals surface area contributed by atoms with Gasteiger partial charge in [-0.25, -0.2) is 0 Å². The highest BCUT2D eigenvalue weighted by atomic mass is 79.9. The summed E-state index contributed by atoms with van der Waals surface area (Å²) in [6.45, 7) is 7.26. The van der Waals surface area contributed by atoms with Gasteiger partial charge in [0.05, 0.1) is 17.0 Å². The average Bonchev–Trinajstić information content (AvgIpc) is 2.01. The average molecular weight is 250 g/mol. The van der Waals surface area contributed by atoms with Gasteiger partial charge in [-0.1, -0.05) is 15.9 Å². The fourth-order valence-corrected chi connectivity index (χ4v) is 1.90. The molecule has 1 heterocycles. The number of rotatable bonds is 1. The minimum atomic E-state index is -0.0926. The molecule has 4 heteroatoms. The van der Waals surface area contributed by atoms with Gasteiger partial charge in [0, 0.05) is 13.1 Å². The SMILES string of the molecule is C[C@H]1CN(C(=O)[C@@H](C)Br)C[C@H](C)O1. The van der Waals surface area contributed by atoms with Crippen LogP contribution in [0.5, 0.6) is 0 Å². The summed E-state index contributed by atoms with van der Waals surface area (Å²) >= 11 is 3.28. The second-order valence-electron chi connectivity index (χ2n) is 3.62. The Morgan fingerprint density at radius 2 is 1.92 bits per heavy atom. The van der Waals surface area contributed by atoms with E-state index in [1.165, 1.54) is 0 Å². The van der Waals surface area contributed by atoms with Gasteiger partial charge in [-0.15, -0.1) is 0 Å². The van der Waals surface area contributed by atoms with Gasteiger partial charge in [0.1, 0.15) is 0 Å². The fraction of sp³-hybridized carbons (Fsp3) is 0.889. The smallest absolute Gasteiger partial charge is 0.236 e. The number of carbonyl (C=O) groups excluding carboxylic acids is 1. The zero-order valence-corrected chi connectivity index (χ0v) is 9.87. The van der Waals surface area contributed by atoms with E-state index in [1.807, 2.05) is 25.7 Å². The van der Waals surface area contributed by atoms with Crippen molar-refractivity contribution in [2.24, 2.45) is 0 Å². The third kappa shape index (κ3) is 2.95. The molecule has 3 nitrogen and oxygen atoms in total. The van der Waals surface area contributed by atoms with Crippen LogP contribution in [0.25, 0.3) is 0 Å². The van der Waals surface area contributed by atoms with E-state index in [1.54, 1.807) is 0 Å². The van der Waals surface area contributed by atoms with Crippen molar-refractivity contribution in [2.45, 2.75) is 37.8 Å². The molecule has 0 aromatic carbocycles. The van der Waals surface area contributed by atoms with Crippen molar-refractivity contribution >= 4 is 21.8 Å². The molecule has 1 aliphatic rings. The van der Waals surface area contributed by atoms with Crippen LogP contribution in [0.15, 0.2) is 0 Å². The van der Waals surface area contributed by atoms with Gasteiger partial charge in [0.2, 0.25) is 5.91 Å². The van der Waals surface area contributed by atoms with Gasteiger partial charge >= 0.3 is 0 Å². The van der Waals surface area contributed by atoms with Crippen molar-refractivity contribution in [2.75, 3.05) is 13.1 Å². The van der Waals surface area contributed by atoms with Crippen molar-refractivity contribution in [3.05, 3.63) is 0 Å². The van der Waals surface area contributed by atoms with E-state index in [-0.39, 0.29) is 22.9 Å². The molecule has 13 heavy (non-hydrogen) atoms. The number of nitrogens with zero attached hydrogens (tertiary/aromatic N) is 1. The van der Waals surface area contributed by atoms with Crippen LogP contribution in [0.2, 0.25) is 0 Å². The first kappa shape index (κ1) is 11.0. The van der Waals surface area contributed by atoms with Crippen LogP contribution < -0.4 is 0 Å². The molecule has 0 unspecified atom stereocenters. The molecule has 3 atom stereocenters. The van der Waals surface area contributed by atoms with Crippen molar-refractivity contribution in [1.82, 2.24) is 4.90 Å². The Hall–Kier alpha value is -0.0900. The Balaban J connectivity index is 2.55. The van der Waals surface area contributed by atoms with Gasteiger partial charge in [0.25, 0.3) is 0 Å². The van der Waals surface area contributed by atoms with E-state index in [2.05, 4.69) is 15.9 Å². The van der Waals surface area contributed by atoms with Crippen LogP contribution in [-0.4, -0.2) is 40.9 Å². The molecule has 0 saturated carbocycles. The van der Waals surface area contributed by atoms with Gasteiger partial charge < -0.3 is 9.64 Å². The lowest BCUT2D eigenvalue weighted by Gasteiger charge is -2.35. The summed E-state index contributed by atoms with van der Waals surface area (Å²) in [6, 6.07) is 0. The van der Waals surface area contributed by atoms with E-state index in [4.69, 9.17) is 4.74 Å². The molecule has 0 radical (unpaired) electrons. The van der Waals surface area contributed by atoms with Crippen LogP contribution >= 0.6 is 15.9 Å². The highest BCUT2D eigenvalue weighted by Gasteiger charge is 2.27. The minimum Gasteiger partial charge on any atom is -0.372 e. The molecule has 0 spiro atoms. The number of halogens is 1. The lowest BCUT2D eigenvalue weighted by molar-refractivity contribution is -0.142. The van der Waals surface area contributed by atoms with Gasteiger partial charge in [0.15, 0.2) is 0 Å². The number of morpholine rings is 1. The molecule has 1 saturated heterocycles. The standard InChI is InChI=1S/C9H16BrNO2/c1-6-4-11(5-7(2)13-6)9(12)8(3)10/h6-8H,4-5H2,1-3H3/t6-,7-,8+/m0/s1. The molecule has 0 bridgehead atoms. The monoisotopic (exact) mass is 249 g/mol. The molecular weight excluding hydrogens is 234 g/mol. The maximum Gasteiger partial charge on any atom is 0.236 e. The molecule has 1 amide bonds. The predicted octanol–water partition coefficient (Wildman–Crippen LogP) is 1.41. The number of carbonyl (C=O) groups is 1. The highest BCUT2D eigenvalue weighted by molar-refractivity contribution is 9.10. The first-order chi connectivity index (χ1) is 6.00. The van der Waals surface area contributed by atoms with E-state index in [9.17, 15) is 4.79 Å². The number of hydrogen-bond donors (Lipinski definition) is 0. The zero-order valence-electron chi connectivity index (χ0n) is 8.29. The molecule has 0 aliphatic carbocycles. The summed E-state index contributed by atoms with van der Waals surface area (Å²) in [4.78, 5) is 13.4. The molecule has 1 aliphatic heterocycles. The summed E-state index contributed by atoms with van der Waals surface area (Å²) in [7, 11) is 0. The number of hydrogen-bond acceptors (Lipinski definition) is 2. The van der Waals surface area contributed by atoms with Gasteiger partial charge in [-0.2, -0.15) is 0 Å². The van der Waals surface area contributed by atoms with Crippen molar-refractivity contribution in [1.29, 1.82) is 0 Å². The van der Waals surface area contributed by atoms with Crippen LogP contribution in [0.1, 0.15) is 20.8 Å². The largest absolute Gasteiger partial charge is 0.372 e. The summed E-state index contributed by atoms with van der Waals surface area (Å²) in [5, 5.41) is 0. The Morgan fingerprint density at radius 1 is 1.46 bits per heavy atom. The first-order valence-electron chi connectivity index (χ1n) is 4.59. The minimum absolute atomic E-state index is 0.0926. The van der Waals surface area contributed by atoms with Gasteiger partial charge in [-0.05, 0) is 20.8 Å². The molecule has 1 rings (SSSR count). The fourth-order valence-electron chi connectivity index (χ4n) is 1.61. The topological polar surface area (TPSA) is 29.5 Å². The molecule has 0 aromatic rings. The molecule has 1 fully saturated rings. The Morgan fingerprint density at radius 3 is 2.31 bits per heavy atom. The Kier molecular flexibility index (Phi) is 3.74. The predicted molar refractivity (Wildman–Crippen MR) is 55.0 cm³/mol. The van der Waals surface area contributed by atoms with Crippen LogP contribution in [0.4, 0.5) is 0 Å². The first-order valence-corrected chi connectivity index (χ1v) is 5.50. The van der Waals surface area contributed by atoms with Crippen molar-refractivity contribution in [3.8, 4) is 0 Å². The number of alkyl halides is 1. The van der Waals surface area contributed by atoms with E-state index < -0.39 is 0 Å². The van der Waals surface area contributed by atoms with Crippen LogP contribution in [-0.2, 0) is 9.53 Å². The normalized spacial score (nSPS) is 31.5. The van der Waals surface area contributed by atoms with Gasteiger partial charge in [-0.3, -0.25) is 4.79 Å². The second kappa shape index (κ2) is 4.42. The Labute approximate surface area is 87.6 Å². The third-order valence-corrected chi connectivity index (χ3v) is 2.46. The molecule has 0 N–H and O–H groups in total. The molecule has 76 valence electrons. The maximum atomic E-state index is 11.6. The zero-order chi connectivity index (χ0) is 10.0. The van der Waals surface area contributed by atoms with E-state index in [0.29, 0.717) is 13.1 Å². The lowest BCUT2D eigenvalue weighted by atomic mass is 10.2. The van der Waals surface area contributed by atoms with Crippen molar-refractivity contribution < 1.29 is 9.53 Å². The maximum absolute atomic E-state index is 11.6. The lowest BCUT2D eigenvalue weighted by Crippen LogP contribution is -2.49. The Bertz CT molecular complexity index is 186. The number of ether oxygens (including phenoxy) is 1. The summed E-state index contributed by atoms with van der Waals surface area (Å²) in [5.41, 5.74) is 0. The highest BCUT2D eigenvalue weighted by Crippen LogP contribution is 2.13. The van der Waals surface area contributed by atoms with E-state index >= 15 is 0 Å². The quantitative estimate of drug-likeness (QED) is 0.658. The molecule has 0 aromatic heterocycles. The second-order valence-corrected chi connectivity index (χ2v) is 4.99. The third-order valence-electron chi connectivity index (χ3n) is 2.07. The van der Waals surface area contributed by atoms with Crippen LogP contribution in [0, 0.1) is 0 Å².